The van der Waals surface area contributed by atoms with Gasteiger partial charge in [-0.3, -0.25) is 9.59 Å². The van der Waals surface area contributed by atoms with Gasteiger partial charge in [-0.25, -0.2) is 0 Å². The van der Waals surface area contributed by atoms with Crippen LogP contribution in [0.4, 0.5) is 5.69 Å². The number of aryl methyl sites for hydroxylation is 2. The lowest BCUT2D eigenvalue weighted by atomic mass is 10.2. The Balaban J connectivity index is 2.25. The highest BCUT2D eigenvalue weighted by Gasteiger charge is 2.15. The molecule has 110 valence electrons. The maximum atomic E-state index is 12.5. The molecular formula is C17H20N2O2. The minimum absolute atomic E-state index is 0.0578. The average Bonchev–Trinajstić information content (AvgIpc) is 2.44. The molecule has 4 nitrogen and oxygen atoms in total. The van der Waals surface area contributed by atoms with Crippen LogP contribution in [-0.2, 0) is 11.3 Å². The van der Waals surface area contributed by atoms with E-state index in [-0.39, 0.29) is 18.0 Å². The average molecular weight is 284 g/mol. The van der Waals surface area contributed by atoms with E-state index < -0.39 is 0 Å². The lowest BCUT2D eigenvalue weighted by Crippen LogP contribution is -2.36. The number of likely N-dealkylation sites (N-methyl/N-ethyl adjacent to an activating group) is 1. The Bertz CT molecular complexity index is 704. The van der Waals surface area contributed by atoms with Gasteiger partial charge in [0.2, 0.25) is 5.91 Å². The molecule has 0 N–H and O–H groups in total. The number of rotatable bonds is 4. The SMILES string of the molecule is CCN(C(=O)Cn1cc(C)ccc1=O)c1cccc(C)c1. The maximum Gasteiger partial charge on any atom is 0.251 e. The Morgan fingerprint density at radius 3 is 2.57 bits per heavy atom. The second-order valence-corrected chi connectivity index (χ2v) is 5.15. The highest BCUT2D eigenvalue weighted by molar-refractivity contribution is 5.93. The zero-order chi connectivity index (χ0) is 15.4. The summed E-state index contributed by atoms with van der Waals surface area (Å²) in [6, 6.07) is 11.0. The molecule has 1 aromatic carbocycles. The summed E-state index contributed by atoms with van der Waals surface area (Å²) in [6.07, 6.45) is 1.71. The summed E-state index contributed by atoms with van der Waals surface area (Å²) in [5, 5.41) is 0. The molecule has 0 bridgehead atoms. The molecule has 0 aliphatic rings. The fraction of sp³-hybridized carbons (Fsp3) is 0.294. The molecule has 4 heteroatoms. The Hall–Kier alpha value is -2.36. The predicted molar refractivity (Wildman–Crippen MR) is 84.6 cm³/mol. The number of amides is 1. The maximum absolute atomic E-state index is 12.5. The minimum atomic E-state index is -0.158. The van der Waals surface area contributed by atoms with Gasteiger partial charge < -0.3 is 9.47 Å². The lowest BCUT2D eigenvalue weighted by molar-refractivity contribution is -0.119. The van der Waals surface area contributed by atoms with Crippen LogP contribution in [0.3, 0.4) is 0 Å². The van der Waals surface area contributed by atoms with Crippen molar-refractivity contribution in [3.05, 3.63) is 64.1 Å². The standard InChI is InChI=1S/C17H20N2O2/c1-4-19(15-7-5-6-13(2)10-15)17(21)12-18-11-14(3)8-9-16(18)20/h5-11H,4,12H2,1-3H3. The van der Waals surface area contributed by atoms with Gasteiger partial charge in [0, 0.05) is 24.5 Å². The Morgan fingerprint density at radius 2 is 1.90 bits per heavy atom. The number of hydrogen-bond donors (Lipinski definition) is 0. The molecule has 2 aromatic rings. The second kappa shape index (κ2) is 6.39. The number of benzene rings is 1. The number of hydrogen-bond acceptors (Lipinski definition) is 2. The van der Waals surface area contributed by atoms with Gasteiger partial charge in [0.25, 0.3) is 5.56 Å². The normalized spacial score (nSPS) is 10.4. The number of pyridine rings is 1. The van der Waals surface area contributed by atoms with Gasteiger partial charge in [-0.05, 0) is 44.0 Å². The lowest BCUT2D eigenvalue weighted by Gasteiger charge is -2.22. The molecule has 0 fully saturated rings. The molecule has 0 radical (unpaired) electrons. The van der Waals surface area contributed by atoms with Crippen LogP contribution >= 0.6 is 0 Å². The van der Waals surface area contributed by atoms with Gasteiger partial charge in [-0.1, -0.05) is 18.2 Å². The molecule has 0 aliphatic carbocycles. The third kappa shape index (κ3) is 3.60. The third-order valence-corrected chi connectivity index (χ3v) is 3.37. The van der Waals surface area contributed by atoms with Crippen molar-refractivity contribution >= 4 is 11.6 Å². The van der Waals surface area contributed by atoms with Crippen LogP contribution in [0.5, 0.6) is 0 Å². The van der Waals surface area contributed by atoms with Gasteiger partial charge in [0.1, 0.15) is 6.54 Å². The molecule has 1 heterocycles. The van der Waals surface area contributed by atoms with Gasteiger partial charge >= 0.3 is 0 Å². The minimum Gasteiger partial charge on any atom is -0.311 e. The molecule has 0 unspecified atom stereocenters. The van der Waals surface area contributed by atoms with Crippen LogP contribution in [0, 0.1) is 13.8 Å². The van der Waals surface area contributed by atoms with E-state index in [1.165, 1.54) is 10.6 Å². The molecular weight excluding hydrogens is 264 g/mol. The second-order valence-electron chi connectivity index (χ2n) is 5.15. The van der Waals surface area contributed by atoms with Crippen molar-refractivity contribution in [1.29, 1.82) is 0 Å². The van der Waals surface area contributed by atoms with Crippen molar-refractivity contribution in [2.24, 2.45) is 0 Å². The summed E-state index contributed by atoms with van der Waals surface area (Å²) in [5.41, 5.74) is 2.77. The molecule has 1 amide bonds. The van der Waals surface area contributed by atoms with Crippen LogP contribution in [0.15, 0.2) is 47.4 Å². The highest BCUT2D eigenvalue weighted by Crippen LogP contribution is 2.16. The van der Waals surface area contributed by atoms with E-state index in [0.29, 0.717) is 6.54 Å². The zero-order valence-corrected chi connectivity index (χ0v) is 12.7. The summed E-state index contributed by atoms with van der Waals surface area (Å²) in [6.45, 7) is 6.45. The number of anilines is 1. The van der Waals surface area contributed by atoms with Crippen molar-refractivity contribution in [2.75, 3.05) is 11.4 Å². The van der Waals surface area contributed by atoms with Gasteiger partial charge in [-0.2, -0.15) is 0 Å². The van der Waals surface area contributed by atoms with E-state index in [1.807, 2.05) is 45.0 Å². The van der Waals surface area contributed by atoms with E-state index in [0.717, 1.165) is 16.8 Å². The van der Waals surface area contributed by atoms with Crippen LogP contribution in [0.25, 0.3) is 0 Å². The molecule has 0 aliphatic heterocycles. The largest absolute Gasteiger partial charge is 0.311 e. The van der Waals surface area contributed by atoms with Gasteiger partial charge in [-0.15, -0.1) is 0 Å². The van der Waals surface area contributed by atoms with Gasteiger partial charge in [0.15, 0.2) is 0 Å². The topological polar surface area (TPSA) is 42.3 Å². The van der Waals surface area contributed by atoms with E-state index in [9.17, 15) is 9.59 Å². The van der Waals surface area contributed by atoms with Crippen molar-refractivity contribution in [3.63, 3.8) is 0 Å². The highest BCUT2D eigenvalue weighted by atomic mass is 16.2. The van der Waals surface area contributed by atoms with Gasteiger partial charge in [0.05, 0.1) is 0 Å². The Morgan fingerprint density at radius 1 is 1.14 bits per heavy atom. The monoisotopic (exact) mass is 284 g/mol. The number of carbonyl (C=O) groups is 1. The predicted octanol–water partition coefficient (Wildman–Crippen LogP) is 2.52. The number of nitrogens with zero attached hydrogens (tertiary/aromatic N) is 2. The molecule has 0 spiro atoms. The van der Waals surface area contributed by atoms with Crippen molar-refractivity contribution < 1.29 is 4.79 Å². The fourth-order valence-electron chi connectivity index (χ4n) is 2.30. The zero-order valence-electron chi connectivity index (χ0n) is 12.7. The molecule has 0 saturated carbocycles. The summed E-state index contributed by atoms with van der Waals surface area (Å²) in [4.78, 5) is 26.0. The molecule has 0 saturated heterocycles. The van der Waals surface area contributed by atoms with Crippen LogP contribution in [0.2, 0.25) is 0 Å². The third-order valence-electron chi connectivity index (χ3n) is 3.37. The molecule has 1 aromatic heterocycles. The van der Waals surface area contributed by atoms with E-state index in [1.54, 1.807) is 17.2 Å². The number of aromatic nitrogens is 1. The van der Waals surface area contributed by atoms with E-state index >= 15 is 0 Å². The van der Waals surface area contributed by atoms with Crippen LogP contribution < -0.4 is 10.5 Å². The molecule has 21 heavy (non-hydrogen) atoms. The molecule has 2 rings (SSSR count). The van der Waals surface area contributed by atoms with Crippen molar-refractivity contribution in [1.82, 2.24) is 4.57 Å². The fourth-order valence-corrected chi connectivity index (χ4v) is 2.30. The van der Waals surface area contributed by atoms with Crippen LogP contribution in [-0.4, -0.2) is 17.0 Å². The number of carbonyl (C=O) groups excluding carboxylic acids is 1. The summed E-state index contributed by atoms with van der Waals surface area (Å²) in [5.74, 6) is -0.0872. The first kappa shape index (κ1) is 15.0. The van der Waals surface area contributed by atoms with Crippen molar-refractivity contribution in [3.8, 4) is 0 Å². The van der Waals surface area contributed by atoms with E-state index in [2.05, 4.69) is 0 Å². The quantitative estimate of drug-likeness (QED) is 0.865. The summed E-state index contributed by atoms with van der Waals surface area (Å²) >= 11 is 0. The van der Waals surface area contributed by atoms with Crippen molar-refractivity contribution in [2.45, 2.75) is 27.3 Å². The first-order chi connectivity index (χ1) is 10.0. The Kier molecular flexibility index (Phi) is 4.58. The Labute approximate surface area is 124 Å². The summed E-state index contributed by atoms with van der Waals surface area (Å²) < 4.78 is 1.45. The summed E-state index contributed by atoms with van der Waals surface area (Å²) in [7, 11) is 0. The first-order valence-corrected chi connectivity index (χ1v) is 7.05. The first-order valence-electron chi connectivity index (χ1n) is 7.05. The molecule has 0 atom stereocenters. The van der Waals surface area contributed by atoms with E-state index in [4.69, 9.17) is 0 Å². The smallest absolute Gasteiger partial charge is 0.251 e. The van der Waals surface area contributed by atoms with Crippen LogP contribution in [0.1, 0.15) is 18.1 Å².